The molecule has 0 saturated carbocycles. The maximum Gasteiger partial charge on any atom is 0.253 e. The number of hydrogen-bond acceptors (Lipinski definition) is 5. The molecule has 106 valence electrons. The lowest BCUT2D eigenvalue weighted by molar-refractivity contribution is 0.522. The van der Waals surface area contributed by atoms with E-state index in [2.05, 4.69) is 15.4 Å². The van der Waals surface area contributed by atoms with Crippen LogP contribution in [-0.2, 0) is 10.0 Å². The highest BCUT2D eigenvalue weighted by atomic mass is 32.2. The van der Waals surface area contributed by atoms with Crippen LogP contribution in [0, 0.1) is 6.92 Å². The summed E-state index contributed by atoms with van der Waals surface area (Å²) in [5, 5.41) is 3.42. The number of sulfonamides is 1. The van der Waals surface area contributed by atoms with Crippen LogP contribution in [0.4, 0.5) is 0 Å². The summed E-state index contributed by atoms with van der Waals surface area (Å²) >= 11 is 0. The molecule has 0 heterocycles. The van der Waals surface area contributed by atoms with E-state index in [4.69, 9.17) is 5.84 Å². The summed E-state index contributed by atoms with van der Waals surface area (Å²) in [5.74, 6) is 5.08. The first-order chi connectivity index (χ1) is 8.99. The third kappa shape index (κ3) is 4.98. The van der Waals surface area contributed by atoms with Crippen LogP contribution in [0.3, 0.4) is 0 Å². The summed E-state index contributed by atoms with van der Waals surface area (Å²) in [6.07, 6.45) is 3.09. The number of nitrogens with zero attached hydrogens (tertiary/aromatic N) is 1. The van der Waals surface area contributed by atoms with Crippen LogP contribution >= 0.6 is 0 Å². The molecular formula is C12H20N4O2S. The first kappa shape index (κ1) is 15.6. The minimum absolute atomic E-state index is 0.213. The largest absolute Gasteiger partial charge is 0.324 e. The Bertz CT molecular complexity index is 511. The zero-order valence-corrected chi connectivity index (χ0v) is 11.9. The van der Waals surface area contributed by atoms with Gasteiger partial charge in [-0.25, -0.2) is 13.8 Å². The average Bonchev–Trinajstić information content (AvgIpc) is 2.37. The second-order valence-corrected chi connectivity index (χ2v) is 5.94. The van der Waals surface area contributed by atoms with E-state index >= 15 is 0 Å². The predicted molar refractivity (Wildman–Crippen MR) is 76.0 cm³/mol. The molecule has 1 aromatic carbocycles. The third-order valence-corrected chi connectivity index (χ3v) is 3.86. The van der Waals surface area contributed by atoms with Gasteiger partial charge in [-0.1, -0.05) is 31.0 Å². The van der Waals surface area contributed by atoms with Crippen molar-refractivity contribution < 1.29 is 8.42 Å². The van der Waals surface area contributed by atoms with Crippen molar-refractivity contribution in [2.24, 2.45) is 10.9 Å². The lowest BCUT2D eigenvalue weighted by Crippen LogP contribution is -2.45. The highest BCUT2D eigenvalue weighted by Gasteiger charge is 2.15. The molecule has 19 heavy (non-hydrogen) atoms. The first-order valence-electron chi connectivity index (χ1n) is 6.07. The Morgan fingerprint density at radius 3 is 2.53 bits per heavy atom. The van der Waals surface area contributed by atoms with Crippen molar-refractivity contribution in [2.45, 2.75) is 37.6 Å². The van der Waals surface area contributed by atoms with Gasteiger partial charge in [-0.3, -0.25) is 0 Å². The zero-order chi connectivity index (χ0) is 14.3. The number of nitrogens with two attached hydrogens (primary N) is 1. The highest BCUT2D eigenvalue weighted by Crippen LogP contribution is 2.09. The molecule has 0 saturated heterocycles. The molecule has 0 aliphatic heterocycles. The van der Waals surface area contributed by atoms with Gasteiger partial charge in [-0.15, -0.1) is 4.83 Å². The van der Waals surface area contributed by atoms with Gasteiger partial charge < -0.3 is 5.84 Å². The van der Waals surface area contributed by atoms with E-state index in [1.807, 2.05) is 13.8 Å². The fourth-order valence-corrected chi connectivity index (χ4v) is 2.45. The summed E-state index contributed by atoms with van der Waals surface area (Å²) in [6, 6.07) is 6.39. The minimum atomic E-state index is -3.57. The van der Waals surface area contributed by atoms with Crippen molar-refractivity contribution in [2.75, 3.05) is 0 Å². The first-order valence-corrected chi connectivity index (χ1v) is 7.55. The highest BCUT2D eigenvalue weighted by molar-refractivity contribution is 7.89. The Balaban J connectivity index is 2.71. The summed E-state index contributed by atoms with van der Waals surface area (Å²) in [7, 11) is -3.57. The molecule has 4 N–H and O–H groups in total. The van der Waals surface area contributed by atoms with Crippen LogP contribution in [0.15, 0.2) is 34.3 Å². The van der Waals surface area contributed by atoms with Gasteiger partial charge in [0, 0.05) is 6.21 Å². The molecule has 0 radical (unpaired) electrons. The van der Waals surface area contributed by atoms with E-state index < -0.39 is 10.0 Å². The number of hydrazone groups is 1. The van der Waals surface area contributed by atoms with Crippen molar-refractivity contribution in [1.82, 2.24) is 10.3 Å². The maximum absolute atomic E-state index is 12.0. The van der Waals surface area contributed by atoms with E-state index in [1.54, 1.807) is 24.3 Å². The topological polar surface area (TPSA) is 96.6 Å². The van der Waals surface area contributed by atoms with Crippen LogP contribution in [0.25, 0.3) is 0 Å². The number of nitrogens with one attached hydrogen (secondary N) is 2. The van der Waals surface area contributed by atoms with Crippen molar-refractivity contribution in [3.63, 3.8) is 0 Å². The molecule has 1 atom stereocenters. The summed E-state index contributed by atoms with van der Waals surface area (Å²) in [5.41, 5.74) is 3.71. The molecule has 1 rings (SSSR count). The number of benzene rings is 1. The van der Waals surface area contributed by atoms with Gasteiger partial charge in [0.05, 0.1) is 10.9 Å². The van der Waals surface area contributed by atoms with Crippen LogP contribution in [0.1, 0.15) is 25.3 Å². The molecule has 0 aromatic heterocycles. The zero-order valence-electron chi connectivity index (χ0n) is 11.1. The lowest BCUT2D eigenvalue weighted by Gasteiger charge is -2.14. The van der Waals surface area contributed by atoms with Gasteiger partial charge in [-0.05, 0) is 25.5 Å². The Morgan fingerprint density at radius 2 is 2.00 bits per heavy atom. The van der Waals surface area contributed by atoms with Crippen LogP contribution in [0.5, 0.6) is 0 Å². The number of aryl methyl sites for hydroxylation is 1. The van der Waals surface area contributed by atoms with Gasteiger partial charge in [0.2, 0.25) is 0 Å². The van der Waals surface area contributed by atoms with Gasteiger partial charge in [-0.2, -0.15) is 5.10 Å². The molecule has 0 aliphatic rings. The lowest BCUT2D eigenvalue weighted by atomic mass is 10.2. The second-order valence-electron chi connectivity index (χ2n) is 4.26. The molecule has 0 aliphatic carbocycles. The quantitative estimate of drug-likeness (QED) is 0.393. The Kier molecular flexibility index (Phi) is 5.94. The molecule has 0 fully saturated rings. The SMILES string of the molecule is CCCC(C=NN)NNS(=O)(=O)c1ccc(C)cc1. The number of hydrazine groups is 1. The summed E-state index contributed by atoms with van der Waals surface area (Å²) in [6.45, 7) is 3.89. The third-order valence-electron chi connectivity index (χ3n) is 2.58. The molecule has 0 bridgehead atoms. The van der Waals surface area contributed by atoms with Crippen molar-refractivity contribution >= 4 is 16.2 Å². The van der Waals surface area contributed by atoms with Crippen LogP contribution in [0.2, 0.25) is 0 Å². The average molecular weight is 284 g/mol. The fraction of sp³-hybridized carbons (Fsp3) is 0.417. The van der Waals surface area contributed by atoms with Gasteiger partial charge >= 0.3 is 0 Å². The van der Waals surface area contributed by atoms with E-state index in [1.165, 1.54) is 6.21 Å². The van der Waals surface area contributed by atoms with Crippen LogP contribution < -0.4 is 16.1 Å². The normalized spacial score (nSPS) is 13.8. The molecular weight excluding hydrogens is 264 g/mol. The van der Waals surface area contributed by atoms with Crippen molar-refractivity contribution in [1.29, 1.82) is 0 Å². The Labute approximate surface area is 114 Å². The number of hydrogen-bond donors (Lipinski definition) is 3. The molecule has 0 spiro atoms. The molecule has 0 amide bonds. The Hall–Kier alpha value is -1.44. The monoisotopic (exact) mass is 284 g/mol. The van der Waals surface area contributed by atoms with E-state index in [9.17, 15) is 8.42 Å². The Morgan fingerprint density at radius 1 is 1.37 bits per heavy atom. The summed E-state index contributed by atoms with van der Waals surface area (Å²) < 4.78 is 24.0. The van der Waals surface area contributed by atoms with E-state index in [-0.39, 0.29) is 10.9 Å². The van der Waals surface area contributed by atoms with E-state index in [0.717, 1.165) is 18.4 Å². The molecule has 6 nitrogen and oxygen atoms in total. The smallest absolute Gasteiger partial charge is 0.253 e. The van der Waals surface area contributed by atoms with Gasteiger partial charge in [0.15, 0.2) is 0 Å². The van der Waals surface area contributed by atoms with Gasteiger partial charge in [0.25, 0.3) is 10.0 Å². The molecule has 7 heteroatoms. The van der Waals surface area contributed by atoms with Crippen molar-refractivity contribution in [3.05, 3.63) is 29.8 Å². The number of rotatable bonds is 7. The minimum Gasteiger partial charge on any atom is -0.324 e. The molecule has 1 aromatic rings. The molecule has 1 unspecified atom stereocenters. The predicted octanol–water partition coefficient (Wildman–Crippen LogP) is 0.891. The van der Waals surface area contributed by atoms with E-state index in [0.29, 0.717) is 0 Å². The fourth-order valence-electron chi connectivity index (χ4n) is 1.53. The standard InChI is InChI=1S/C12H20N4O2S/c1-3-4-11(9-14-13)15-16-19(17,18)12-7-5-10(2)6-8-12/h5-9,11,15-16H,3-4,13H2,1-2H3. The van der Waals surface area contributed by atoms with Crippen molar-refractivity contribution in [3.8, 4) is 0 Å². The summed E-state index contributed by atoms with van der Waals surface area (Å²) in [4.78, 5) is 2.55. The maximum atomic E-state index is 12.0. The second kappa shape index (κ2) is 7.22. The van der Waals surface area contributed by atoms with Gasteiger partial charge in [0.1, 0.15) is 0 Å². The van der Waals surface area contributed by atoms with Crippen LogP contribution in [-0.4, -0.2) is 20.7 Å².